The van der Waals surface area contributed by atoms with Crippen LogP contribution >= 0.6 is 0 Å². The second-order valence-corrected chi connectivity index (χ2v) is 5.32. The van der Waals surface area contributed by atoms with Gasteiger partial charge in [0.15, 0.2) is 0 Å². The Morgan fingerprint density at radius 2 is 1.95 bits per heavy atom. The Morgan fingerprint density at radius 3 is 2.47 bits per heavy atom. The largest absolute Gasteiger partial charge is 0.481 e. The minimum atomic E-state index is -0.796. The molecule has 108 valence electrons. The molecule has 2 fully saturated rings. The van der Waals surface area contributed by atoms with Crippen molar-refractivity contribution in [1.29, 1.82) is 0 Å². The Hall–Kier alpha value is -1.34. The third kappa shape index (κ3) is 4.07. The molecule has 1 aliphatic heterocycles. The lowest BCUT2D eigenvalue weighted by Crippen LogP contribution is -2.54. The number of rotatable bonds is 5. The van der Waals surface area contributed by atoms with Crippen LogP contribution < -0.4 is 10.7 Å². The lowest BCUT2D eigenvalue weighted by Gasteiger charge is -2.41. The molecular weight excluding hydrogens is 250 g/mol. The Labute approximate surface area is 112 Å². The van der Waals surface area contributed by atoms with Crippen molar-refractivity contribution >= 4 is 12.0 Å². The van der Waals surface area contributed by atoms with Gasteiger partial charge in [-0.3, -0.25) is 10.2 Å². The fraction of sp³-hybridized carbons (Fsp3) is 0.833. The lowest BCUT2D eigenvalue weighted by molar-refractivity contribution is -0.141. The summed E-state index contributed by atoms with van der Waals surface area (Å²) in [6.07, 6.45) is 2.92. The molecule has 1 aliphatic carbocycles. The van der Waals surface area contributed by atoms with E-state index in [9.17, 15) is 9.59 Å². The van der Waals surface area contributed by atoms with Crippen molar-refractivity contribution in [3.63, 3.8) is 0 Å². The maximum Gasteiger partial charge on any atom is 0.329 e. The number of carboxylic acids is 1. The molecule has 7 nitrogen and oxygen atoms in total. The van der Waals surface area contributed by atoms with Gasteiger partial charge in [-0.1, -0.05) is 6.42 Å². The van der Waals surface area contributed by atoms with Gasteiger partial charge in [-0.2, -0.15) is 0 Å². The molecule has 0 unspecified atom stereocenters. The standard InChI is InChI=1S/C12H21N3O4/c16-10(17)8-12(2-1-3-12)9-13-11(18)14-15-4-6-19-7-5-15/h1-9H2,(H,16,17)(H2,13,14,18). The van der Waals surface area contributed by atoms with Gasteiger partial charge in [-0.05, 0) is 18.3 Å². The molecule has 0 spiro atoms. The maximum atomic E-state index is 11.7. The Bertz CT molecular complexity index is 338. The van der Waals surface area contributed by atoms with Crippen LogP contribution in [0.2, 0.25) is 0 Å². The molecule has 0 aromatic heterocycles. The molecule has 0 bridgehead atoms. The Balaban J connectivity index is 1.71. The highest BCUT2D eigenvalue weighted by atomic mass is 16.5. The summed E-state index contributed by atoms with van der Waals surface area (Å²) in [5, 5.41) is 13.5. The number of carbonyl (C=O) groups excluding carboxylic acids is 1. The van der Waals surface area contributed by atoms with Crippen LogP contribution in [-0.2, 0) is 9.53 Å². The summed E-state index contributed by atoms with van der Waals surface area (Å²) in [5.41, 5.74) is 2.51. The molecule has 0 radical (unpaired) electrons. The Kier molecular flexibility index (Phi) is 4.60. The van der Waals surface area contributed by atoms with Crippen molar-refractivity contribution in [3.8, 4) is 0 Å². The first-order valence-corrected chi connectivity index (χ1v) is 6.69. The number of nitrogens with zero attached hydrogens (tertiary/aromatic N) is 1. The van der Waals surface area contributed by atoms with Gasteiger partial charge in [0.2, 0.25) is 0 Å². The van der Waals surface area contributed by atoms with Crippen LogP contribution in [0, 0.1) is 5.41 Å². The van der Waals surface area contributed by atoms with Crippen LogP contribution in [0.5, 0.6) is 0 Å². The number of hydrazine groups is 1. The topological polar surface area (TPSA) is 90.9 Å². The first kappa shape index (κ1) is 14.1. The summed E-state index contributed by atoms with van der Waals surface area (Å²) in [6.45, 7) is 3.00. The van der Waals surface area contributed by atoms with Gasteiger partial charge in [-0.25, -0.2) is 9.80 Å². The SMILES string of the molecule is O=C(O)CC1(CNC(=O)NN2CCOCC2)CCC1. The van der Waals surface area contributed by atoms with Crippen molar-refractivity contribution in [3.05, 3.63) is 0 Å². The maximum absolute atomic E-state index is 11.7. The summed E-state index contributed by atoms with van der Waals surface area (Å²) in [5.74, 6) is -0.796. The van der Waals surface area contributed by atoms with E-state index in [0.29, 0.717) is 32.8 Å². The van der Waals surface area contributed by atoms with E-state index >= 15 is 0 Å². The average molecular weight is 271 g/mol. The van der Waals surface area contributed by atoms with Crippen LogP contribution in [0.25, 0.3) is 0 Å². The summed E-state index contributed by atoms with van der Waals surface area (Å²) in [7, 11) is 0. The fourth-order valence-electron chi connectivity index (χ4n) is 2.54. The van der Waals surface area contributed by atoms with Crippen LogP contribution in [0.15, 0.2) is 0 Å². The molecule has 2 amide bonds. The summed E-state index contributed by atoms with van der Waals surface area (Å²) in [4.78, 5) is 22.6. The molecule has 1 saturated carbocycles. The van der Waals surface area contributed by atoms with Crippen molar-refractivity contribution in [1.82, 2.24) is 15.8 Å². The van der Waals surface area contributed by atoms with Gasteiger partial charge >= 0.3 is 12.0 Å². The van der Waals surface area contributed by atoms with Gasteiger partial charge in [0, 0.05) is 19.6 Å². The summed E-state index contributed by atoms with van der Waals surface area (Å²) in [6, 6.07) is -0.265. The third-order valence-electron chi connectivity index (χ3n) is 3.84. The van der Waals surface area contributed by atoms with E-state index in [1.807, 2.05) is 5.01 Å². The number of hydrogen-bond acceptors (Lipinski definition) is 4. The van der Waals surface area contributed by atoms with E-state index in [1.54, 1.807) is 0 Å². The normalized spacial score (nSPS) is 22.3. The molecular formula is C12H21N3O4. The zero-order valence-corrected chi connectivity index (χ0v) is 11.0. The number of nitrogens with one attached hydrogen (secondary N) is 2. The van der Waals surface area contributed by atoms with Crippen molar-refractivity contribution in [2.45, 2.75) is 25.7 Å². The molecule has 1 heterocycles. The predicted octanol–water partition coefficient (Wildman–Crippen LogP) is 0.178. The molecule has 0 atom stereocenters. The number of carbonyl (C=O) groups is 2. The first-order chi connectivity index (χ1) is 9.10. The zero-order valence-electron chi connectivity index (χ0n) is 11.0. The minimum Gasteiger partial charge on any atom is -0.481 e. The van der Waals surface area contributed by atoms with Crippen LogP contribution in [-0.4, -0.2) is 55.0 Å². The quantitative estimate of drug-likeness (QED) is 0.663. The molecule has 7 heteroatoms. The van der Waals surface area contributed by atoms with Gasteiger partial charge in [0.1, 0.15) is 0 Å². The second-order valence-electron chi connectivity index (χ2n) is 5.32. The van der Waals surface area contributed by atoms with Gasteiger partial charge in [-0.15, -0.1) is 0 Å². The van der Waals surface area contributed by atoms with E-state index in [-0.39, 0.29) is 17.9 Å². The van der Waals surface area contributed by atoms with E-state index in [0.717, 1.165) is 19.3 Å². The number of aliphatic carboxylic acids is 1. The summed E-state index contributed by atoms with van der Waals surface area (Å²) >= 11 is 0. The number of ether oxygens (including phenoxy) is 1. The van der Waals surface area contributed by atoms with Crippen molar-refractivity contribution in [2.75, 3.05) is 32.8 Å². The van der Waals surface area contributed by atoms with Crippen LogP contribution in [0.3, 0.4) is 0 Å². The fourth-order valence-corrected chi connectivity index (χ4v) is 2.54. The number of morpholine rings is 1. The van der Waals surface area contributed by atoms with Gasteiger partial charge in [0.25, 0.3) is 0 Å². The van der Waals surface area contributed by atoms with Gasteiger partial charge in [0.05, 0.1) is 19.6 Å². The zero-order chi connectivity index (χ0) is 13.7. The molecule has 2 aliphatic rings. The van der Waals surface area contributed by atoms with Crippen molar-refractivity contribution < 1.29 is 19.4 Å². The van der Waals surface area contributed by atoms with E-state index < -0.39 is 5.97 Å². The number of hydrogen-bond donors (Lipinski definition) is 3. The average Bonchev–Trinajstić information content (AvgIpc) is 2.33. The number of amides is 2. The molecule has 0 aromatic rings. The highest BCUT2D eigenvalue weighted by molar-refractivity contribution is 5.73. The van der Waals surface area contributed by atoms with E-state index in [2.05, 4.69) is 10.7 Å². The molecule has 0 aromatic carbocycles. The smallest absolute Gasteiger partial charge is 0.329 e. The van der Waals surface area contributed by atoms with Gasteiger partial charge < -0.3 is 15.2 Å². The van der Waals surface area contributed by atoms with Crippen LogP contribution in [0.4, 0.5) is 4.79 Å². The third-order valence-corrected chi connectivity index (χ3v) is 3.84. The summed E-state index contributed by atoms with van der Waals surface area (Å²) < 4.78 is 5.19. The van der Waals surface area contributed by atoms with Crippen molar-refractivity contribution in [2.24, 2.45) is 5.41 Å². The molecule has 3 N–H and O–H groups in total. The van der Waals surface area contributed by atoms with E-state index in [1.165, 1.54) is 0 Å². The number of urea groups is 1. The Morgan fingerprint density at radius 1 is 1.26 bits per heavy atom. The second kappa shape index (κ2) is 6.21. The molecule has 1 saturated heterocycles. The molecule has 19 heavy (non-hydrogen) atoms. The first-order valence-electron chi connectivity index (χ1n) is 6.69. The highest BCUT2D eigenvalue weighted by Crippen LogP contribution is 2.43. The van der Waals surface area contributed by atoms with Crippen LogP contribution in [0.1, 0.15) is 25.7 Å². The minimum absolute atomic E-state index is 0.130. The molecule has 2 rings (SSSR count). The highest BCUT2D eigenvalue weighted by Gasteiger charge is 2.39. The van der Waals surface area contributed by atoms with E-state index in [4.69, 9.17) is 9.84 Å². The predicted molar refractivity (Wildman–Crippen MR) is 67.5 cm³/mol. The number of carboxylic acid groups (broad SMARTS) is 1. The monoisotopic (exact) mass is 271 g/mol. The lowest BCUT2D eigenvalue weighted by atomic mass is 9.66.